The van der Waals surface area contributed by atoms with Crippen LogP contribution in [-0.2, 0) is 16.6 Å². The molecule has 1 saturated carbocycles. The van der Waals surface area contributed by atoms with Crippen molar-refractivity contribution in [3.63, 3.8) is 0 Å². The minimum absolute atomic E-state index is 0. The highest BCUT2D eigenvalue weighted by molar-refractivity contribution is 14.0. The predicted molar refractivity (Wildman–Crippen MR) is 127 cm³/mol. The van der Waals surface area contributed by atoms with E-state index in [-0.39, 0.29) is 24.0 Å². The first-order chi connectivity index (χ1) is 12.9. The van der Waals surface area contributed by atoms with Gasteiger partial charge in [0.2, 0.25) is 10.0 Å². The number of nitrogens with one attached hydrogen (secondary N) is 2. The summed E-state index contributed by atoms with van der Waals surface area (Å²) in [6.07, 6.45) is 7.95. The van der Waals surface area contributed by atoms with Crippen LogP contribution in [0.4, 0.5) is 0 Å². The van der Waals surface area contributed by atoms with Crippen LogP contribution in [0.1, 0.15) is 51.0 Å². The Morgan fingerprint density at radius 3 is 2.50 bits per heavy atom. The molecule has 160 valence electrons. The van der Waals surface area contributed by atoms with Crippen LogP contribution < -0.4 is 10.6 Å². The number of nitrogens with zero attached hydrogens (tertiary/aromatic N) is 2. The van der Waals surface area contributed by atoms with E-state index in [0.717, 1.165) is 31.4 Å². The van der Waals surface area contributed by atoms with Crippen LogP contribution in [0.3, 0.4) is 0 Å². The number of aliphatic imine (C=N–C) groups is 1. The minimum Gasteiger partial charge on any atom is -0.357 e. The second-order valence-corrected chi connectivity index (χ2v) is 9.43. The highest BCUT2D eigenvalue weighted by atomic mass is 127. The highest BCUT2D eigenvalue weighted by Crippen LogP contribution is 2.28. The summed E-state index contributed by atoms with van der Waals surface area (Å²) in [6.45, 7) is 4.01. The van der Waals surface area contributed by atoms with Gasteiger partial charge in [0.25, 0.3) is 0 Å². The smallest absolute Gasteiger partial charge is 0.242 e. The van der Waals surface area contributed by atoms with Crippen LogP contribution in [0.5, 0.6) is 0 Å². The van der Waals surface area contributed by atoms with E-state index < -0.39 is 10.0 Å². The van der Waals surface area contributed by atoms with E-state index in [0.29, 0.717) is 17.0 Å². The van der Waals surface area contributed by atoms with Gasteiger partial charge in [0.15, 0.2) is 5.96 Å². The molecule has 0 spiro atoms. The van der Waals surface area contributed by atoms with Crippen LogP contribution in [0.15, 0.2) is 34.2 Å². The highest BCUT2D eigenvalue weighted by Gasteiger charge is 2.20. The molecule has 0 amide bonds. The van der Waals surface area contributed by atoms with E-state index in [1.807, 2.05) is 19.1 Å². The molecule has 0 atom stereocenters. The molecule has 0 aliphatic heterocycles. The molecule has 0 saturated heterocycles. The lowest BCUT2D eigenvalue weighted by atomic mass is 10.0. The molecule has 6 nitrogen and oxygen atoms in total. The molecule has 0 heterocycles. The van der Waals surface area contributed by atoms with Gasteiger partial charge in [-0.05, 0) is 37.3 Å². The van der Waals surface area contributed by atoms with Crippen molar-refractivity contribution in [1.82, 2.24) is 14.9 Å². The summed E-state index contributed by atoms with van der Waals surface area (Å²) in [7, 11) is -0.381. The quantitative estimate of drug-likeness (QED) is 0.225. The summed E-state index contributed by atoms with van der Waals surface area (Å²) < 4.78 is 26.3. The van der Waals surface area contributed by atoms with Crippen molar-refractivity contribution in [2.45, 2.75) is 56.9 Å². The van der Waals surface area contributed by atoms with Gasteiger partial charge in [-0.1, -0.05) is 43.9 Å². The average Bonchev–Trinajstić information content (AvgIpc) is 3.16. The van der Waals surface area contributed by atoms with Crippen molar-refractivity contribution in [1.29, 1.82) is 0 Å². The summed E-state index contributed by atoms with van der Waals surface area (Å²) in [5, 5.41) is 6.62. The average molecular weight is 522 g/mol. The topological polar surface area (TPSA) is 73.8 Å². The molecule has 2 rings (SSSR count). The molecule has 1 fully saturated rings. The summed E-state index contributed by atoms with van der Waals surface area (Å²) in [6, 6.07) is 7.06. The number of guanidine groups is 1. The fraction of sp³-hybridized carbons (Fsp3) is 0.650. The molecule has 8 heteroatoms. The molecule has 1 aromatic rings. The van der Waals surface area contributed by atoms with Crippen molar-refractivity contribution in [2.75, 3.05) is 27.2 Å². The summed E-state index contributed by atoms with van der Waals surface area (Å²) in [5.41, 5.74) is 0.703. The monoisotopic (exact) mass is 522 g/mol. The van der Waals surface area contributed by atoms with Gasteiger partial charge in [-0.2, -0.15) is 0 Å². The van der Waals surface area contributed by atoms with Gasteiger partial charge in [0, 0.05) is 27.2 Å². The normalized spacial score (nSPS) is 15.5. The first kappa shape index (κ1) is 25.2. The van der Waals surface area contributed by atoms with Gasteiger partial charge in [0.05, 0.1) is 11.4 Å². The van der Waals surface area contributed by atoms with Gasteiger partial charge < -0.3 is 10.6 Å². The number of hydrogen-bond donors (Lipinski definition) is 2. The van der Waals surface area contributed by atoms with Crippen LogP contribution in [0, 0.1) is 5.92 Å². The van der Waals surface area contributed by atoms with E-state index in [4.69, 9.17) is 0 Å². The van der Waals surface area contributed by atoms with Gasteiger partial charge in [-0.25, -0.2) is 17.7 Å². The zero-order valence-corrected chi connectivity index (χ0v) is 20.4. The fourth-order valence-electron chi connectivity index (χ4n) is 3.49. The molecular weight excluding hydrogens is 487 g/mol. The van der Waals surface area contributed by atoms with E-state index in [1.165, 1.54) is 36.4 Å². The molecule has 2 N–H and O–H groups in total. The second kappa shape index (κ2) is 12.6. The van der Waals surface area contributed by atoms with Crippen molar-refractivity contribution >= 4 is 40.0 Å². The van der Waals surface area contributed by atoms with Crippen LogP contribution in [0.2, 0.25) is 0 Å². The Labute approximate surface area is 187 Å². The molecular formula is C20H35IN4O2S. The lowest BCUT2D eigenvalue weighted by molar-refractivity contribution is 0.481. The third kappa shape index (κ3) is 7.51. The first-order valence-corrected chi connectivity index (χ1v) is 11.4. The third-order valence-electron chi connectivity index (χ3n) is 5.04. The Morgan fingerprint density at radius 2 is 1.86 bits per heavy atom. The van der Waals surface area contributed by atoms with Crippen molar-refractivity contribution in [2.24, 2.45) is 10.9 Å². The van der Waals surface area contributed by atoms with Crippen molar-refractivity contribution in [3.8, 4) is 0 Å². The van der Waals surface area contributed by atoms with Crippen LogP contribution in [0.25, 0.3) is 0 Å². The molecule has 0 unspecified atom stereocenters. The van der Waals surface area contributed by atoms with Crippen LogP contribution in [-0.4, -0.2) is 45.9 Å². The van der Waals surface area contributed by atoms with Crippen molar-refractivity contribution in [3.05, 3.63) is 29.8 Å². The maximum Gasteiger partial charge on any atom is 0.242 e. The minimum atomic E-state index is -3.47. The number of rotatable bonds is 9. The maximum absolute atomic E-state index is 12.5. The van der Waals surface area contributed by atoms with Gasteiger partial charge >= 0.3 is 0 Å². The molecule has 0 radical (unpaired) electrons. The fourth-order valence-corrected chi connectivity index (χ4v) is 4.59. The Morgan fingerprint density at radius 1 is 1.18 bits per heavy atom. The number of hydrogen-bond acceptors (Lipinski definition) is 3. The number of sulfonamides is 1. The summed E-state index contributed by atoms with van der Waals surface area (Å²) in [5.74, 6) is 1.63. The number of halogens is 1. The summed E-state index contributed by atoms with van der Waals surface area (Å²) >= 11 is 0. The van der Waals surface area contributed by atoms with Crippen LogP contribution >= 0.6 is 24.0 Å². The number of benzene rings is 1. The largest absolute Gasteiger partial charge is 0.357 e. The van der Waals surface area contributed by atoms with Gasteiger partial charge in [-0.15, -0.1) is 24.0 Å². The molecule has 1 aliphatic carbocycles. The SMILES string of the molecule is CCNC(=NCc1ccccc1S(=O)(=O)N(C)C)NCCCC1CCCC1.I. The second-order valence-electron chi connectivity index (χ2n) is 7.31. The molecule has 0 aromatic heterocycles. The van der Waals surface area contributed by atoms with E-state index in [1.54, 1.807) is 26.2 Å². The van der Waals surface area contributed by atoms with E-state index in [2.05, 4.69) is 15.6 Å². The lowest BCUT2D eigenvalue weighted by Gasteiger charge is -2.15. The molecule has 1 aliphatic rings. The standard InChI is InChI=1S/C20H34N4O2S.HI/c1-4-21-20(22-15-9-12-17-10-5-6-11-17)23-16-18-13-7-8-14-19(18)27(25,26)24(2)3;/h7-8,13-14,17H,4-6,9-12,15-16H2,1-3H3,(H2,21,22,23);1H. The van der Waals surface area contributed by atoms with Gasteiger partial charge in [0.1, 0.15) is 0 Å². The van der Waals surface area contributed by atoms with E-state index in [9.17, 15) is 8.42 Å². The Balaban J connectivity index is 0.00000392. The third-order valence-corrected chi connectivity index (χ3v) is 6.95. The van der Waals surface area contributed by atoms with Gasteiger partial charge in [-0.3, -0.25) is 0 Å². The maximum atomic E-state index is 12.5. The first-order valence-electron chi connectivity index (χ1n) is 9.97. The van der Waals surface area contributed by atoms with Crippen molar-refractivity contribution < 1.29 is 8.42 Å². The molecule has 0 bridgehead atoms. The molecule has 1 aromatic carbocycles. The lowest BCUT2D eigenvalue weighted by Crippen LogP contribution is -2.37. The Kier molecular flexibility index (Phi) is 11.4. The predicted octanol–water partition coefficient (Wildman–Crippen LogP) is 3.58. The summed E-state index contributed by atoms with van der Waals surface area (Å²) in [4.78, 5) is 4.91. The zero-order chi connectivity index (χ0) is 19.7. The Bertz CT molecular complexity index is 717. The van der Waals surface area contributed by atoms with E-state index >= 15 is 0 Å². The Hall–Kier alpha value is -0.870. The zero-order valence-electron chi connectivity index (χ0n) is 17.3. The molecule has 28 heavy (non-hydrogen) atoms.